The summed E-state index contributed by atoms with van der Waals surface area (Å²) in [4.78, 5) is 11.5. The summed E-state index contributed by atoms with van der Waals surface area (Å²) in [6, 6.07) is 4.40. The summed E-state index contributed by atoms with van der Waals surface area (Å²) in [6.45, 7) is 18.5. The zero-order chi connectivity index (χ0) is 20.7. The van der Waals surface area contributed by atoms with Gasteiger partial charge in [0, 0.05) is 12.3 Å². The van der Waals surface area contributed by atoms with E-state index in [9.17, 15) is 4.79 Å². The molecular formula is C24H32O3. The monoisotopic (exact) mass is 368 g/mol. The van der Waals surface area contributed by atoms with Crippen molar-refractivity contribution in [2.24, 2.45) is 0 Å². The summed E-state index contributed by atoms with van der Waals surface area (Å²) >= 11 is 0. The van der Waals surface area contributed by atoms with Crippen molar-refractivity contribution in [1.29, 1.82) is 0 Å². The predicted octanol–water partition coefficient (Wildman–Crippen LogP) is 5.80. The highest BCUT2D eigenvalue weighted by atomic mass is 16.5. The van der Waals surface area contributed by atoms with Crippen LogP contribution in [-0.2, 0) is 10.2 Å². The second kappa shape index (κ2) is 7.38. The lowest BCUT2D eigenvalue weighted by atomic mass is 9.72. The van der Waals surface area contributed by atoms with Gasteiger partial charge in [0.1, 0.15) is 11.5 Å². The zero-order valence-corrected chi connectivity index (χ0v) is 18.4. The fraction of sp³-hybridized carbons (Fsp3) is 0.458. The molecule has 0 heterocycles. The largest absolute Gasteiger partial charge is 0.496 e. The van der Waals surface area contributed by atoms with Crippen molar-refractivity contribution in [3.05, 3.63) is 56.6 Å². The van der Waals surface area contributed by atoms with Gasteiger partial charge in [-0.25, -0.2) is 0 Å². The molecule has 0 aliphatic carbocycles. The van der Waals surface area contributed by atoms with E-state index in [0.717, 1.165) is 28.0 Å². The van der Waals surface area contributed by atoms with E-state index in [-0.39, 0.29) is 11.4 Å². The molecule has 0 atom stereocenters. The Labute approximate surface area is 163 Å². The van der Waals surface area contributed by atoms with Gasteiger partial charge in [-0.2, -0.15) is 0 Å². The highest BCUT2D eigenvalue weighted by molar-refractivity contribution is 5.71. The van der Waals surface area contributed by atoms with Gasteiger partial charge in [0.15, 0.2) is 0 Å². The van der Waals surface area contributed by atoms with Gasteiger partial charge in [0.05, 0.1) is 7.11 Å². The predicted molar refractivity (Wildman–Crippen MR) is 111 cm³/mol. The molecule has 3 heteroatoms. The SMILES string of the molecule is COc1c(C)cc(C(C)(C)c2cc(C)c(OC(C)=O)c(C)c2C)c(C)c1C. The van der Waals surface area contributed by atoms with Crippen LogP contribution in [0.25, 0.3) is 0 Å². The van der Waals surface area contributed by atoms with Gasteiger partial charge in [-0.1, -0.05) is 26.0 Å². The number of rotatable bonds is 4. The zero-order valence-electron chi connectivity index (χ0n) is 18.4. The van der Waals surface area contributed by atoms with Crippen LogP contribution in [-0.4, -0.2) is 13.1 Å². The molecule has 0 fully saturated rings. The Morgan fingerprint density at radius 3 is 1.59 bits per heavy atom. The molecule has 0 aromatic heterocycles. The number of methoxy groups -OCH3 is 1. The van der Waals surface area contributed by atoms with Crippen LogP contribution >= 0.6 is 0 Å². The first-order valence-corrected chi connectivity index (χ1v) is 9.38. The van der Waals surface area contributed by atoms with Gasteiger partial charge in [-0.3, -0.25) is 4.79 Å². The topological polar surface area (TPSA) is 35.5 Å². The van der Waals surface area contributed by atoms with Crippen molar-refractivity contribution in [3.63, 3.8) is 0 Å². The molecular weight excluding hydrogens is 336 g/mol. The van der Waals surface area contributed by atoms with Gasteiger partial charge in [0.25, 0.3) is 0 Å². The normalized spacial score (nSPS) is 11.5. The number of benzene rings is 2. The van der Waals surface area contributed by atoms with Crippen molar-refractivity contribution in [3.8, 4) is 11.5 Å². The summed E-state index contributed by atoms with van der Waals surface area (Å²) < 4.78 is 11.1. The molecule has 0 N–H and O–H groups in total. The maximum Gasteiger partial charge on any atom is 0.308 e. The van der Waals surface area contributed by atoms with Crippen molar-refractivity contribution in [2.45, 2.75) is 67.7 Å². The molecule has 0 aliphatic heterocycles. The molecule has 0 saturated carbocycles. The van der Waals surface area contributed by atoms with E-state index in [0.29, 0.717) is 5.75 Å². The molecule has 0 unspecified atom stereocenters. The van der Waals surface area contributed by atoms with Crippen LogP contribution in [0, 0.1) is 41.5 Å². The van der Waals surface area contributed by atoms with Gasteiger partial charge in [-0.05, 0) is 86.1 Å². The van der Waals surface area contributed by atoms with Crippen LogP contribution in [0.5, 0.6) is 11.5 Å². The average Bonchev–Trinajstić information content (AvgIpc) is 2.58. The van der Waals surface area contributed by atoms with E-state index in [2.05, 4.69) is 53.7 Å². The minimum atomic E-state index is -0.287. The van der Waals surface area contributed by atoms with E-state index >= 15 is 0 Å². The number of carbonyl (C=O) groups is 1. The minimum Gasteiger partial charge on any atom is -0.496 e. The summed E-state index contributed by atoms with van der Waals surface area (Å²) in [5.41, 5.74) is 9.09. The van der Waals surface area contributed by atoms with E-state index in [4.69, 9.17) is 9.47 Å². The molecule has 0 spiro atoms. The van der Waals surface area contributed by atoms with Crippen LogP contribution in [0.15, 0.2) is 12.1 Å². The lowest BCUT2D eigenvalue weighted by Crippen LogP contribution is -2.23. The quantitative estimate of drug-likeness (QED) is 0.505. The van der Waals surface area contributed by atoms with Crippen molar-refractivity contribution < 1.29 is 14.3 Å². The van der Waals surface area contributed by atoms with Crippen molar-refractivity contribution >= 4 is 5.97 Å². The summed E-state index contributed by atoms with van der Waals surface area (Å²) in [5, 5.41) is 0. The van der Waals surface area contributed by atoms with Crippen LogP contribution < -0.4 is 9.47 Å². The Kier molecular flexibility index (Phi) is 5.74. The molecule has 3 nitrogen and oxygen atoms in total. The molecule has 0 amide bonds. The van der Waals surface area contributed by atoms with Crippen LogP contribution in [0.1, 0.15) is 65.3 Å². The number of esters is 1. The smallest absolute Gasteiger partial charge is 0.308 e. The van der Waals surface area contributed by atoms with Crippen molar-refractivity contribution in [2.75, 3.05) is 7.11 Å². The number of hydrogen-bond acceptors (Lipinski definition) is 3. The molecule has 27 heavy (non-hydrogen) atoms. The lowest BCUT2D eigenvalue weighted by Gasteiger charge is -2.33. The fourth-order valence-corrected chi connectivity index (χ4v) is 4.17. The summed E-state index contributed by atoms with van der Waals surface area (Å²) in [7, 11) is 1.73. The molecule has 0 saturated heterocycles. The Bertz CT molecular complexity index is 905. The molecule has 0 aliphatic rings. The van der Waals surface area contributed by atoms with Gasteiger partial charge >= 0.3 is 5.97 Å². The second-order valence-electron chi connectivity index (χ2n) is 8.06. The maximum atomic E-state index is 11.5. The third-order valence-corrected chi connectivity index (χ3v) is 5.85. The standard InChI is InChI=1S/C24H32O3/c1-13-11-20(15(3)17(5)22(13)26-10)24(8,9)21-12-14(2)23(27-19(7)25)18(6)16(21)4/h11-12H,1-10H3. The third-order valence-electron chi connectivity index (χ3n) is 5.85. The molecule has 146 valence electrons. The first-order chi connectivity index (χ1) is 12.4. The first-order valence-electron chi connectivity index (χ1n) is 9.38. The van der Waals surface area contributed by atoms with Gasteiger partial charge in [-0.15, -0.1) is 0 Å². The minimum absolute atomic E-state index is 0.194. The van der Waals surface area contributed by atoms with Crippen LogP contribution in [0.2, 0.25) is 0 Å². The molecule has 0 radical (unpaired) electrons. The maximum absolute atomic E-state index is 11.5. The summed E-state index contributed by atoms with van der Waals surface area (Å²) in [6.07, 6.45) is 0. The molecule has 2 rings (SSSR count). The Morgan fingerprint density at radius 1 is 0.778 bits per heavy atom. The Morgan fingerprint density at radius 2 is 1.19 bits per heavy atom. The lowest BCUT2D eigenvalue weighted by molar-refractivity contribution is -0.131. The summed E-state index contributed by atoms with van der Waals surface area (Å²) in [5.74, 6) is 1.35. The number of aryl methyl sites for hydroxylation is 2. The number of carbonyl (C=O) groups excluding carboxylic acids is 1. The number of ether oxygens (including phenoxy) is 2. The van der Waals surface area contributed by atoms with Crippen LogP contribution in [0.4, 0.5) is 0 Å². The second-order valence-corrected chi connectivity index (χ2v) is 8.06. The Hall–Kier alpha value is -2.29. The van der Waals surface area contributed by atoms with Crippen LogP contribution in [0.3, 0.4) is 0 Å². The van der Waals surface area contributed by atoms with E-state index in [1.54, 1.807) is 7.11 Å². The highest BCUT2D eigenvalue weighted by Crippen LogP contribution is 2.42. The molecule has 0 bridgehead atoms. The first kappa shape index (κ1) is 21.0. The fourth-order valence-electron chi connectivity index (χ4n) is 4.17. The Balaban J connectivity index is 2.73. The van der Waals surface area contributed by atoms with E-state index in [1.165, 1.54) is 29.2 Å². The highest BCUT2D eigenvalue weighted by Gasteiger charge is 2.30. The van der Waals surface area contributed by atoms with Gasteiger partial charge in [0.2, 0.25) is 0 Å². The van der Waals surface area contributed by atoms with Crippen molar-refractivity contribution in [1.82, 2.24) is 0 Å². The third kappa shape index (κ3) is 3.60. The molecule has 2 aromatic rings. The van der Waals surface area contributed by atoms with E-state index < -0.39 is 0 Å². The molecule has 2 aromatic carbocycles. The van der Waals surface area contributed by atoms with E-state index in [1.807, 2.05) is 13.8 Å². The number of hydrogen-bond donors (Lipinski definition) is 0. The average molecular weight is 369 g/mol. The van der Waals surface area contributed by atoms with Gasteiger partial charge < -0.3 is 9.47 Å².